The third-order valence-corrected chi connectivity index (χ3v) is 3.76. The zero-order valence-electron chi connectivity index (χ0n) is 12.3. The molecule has 21 heavy (non-hydrogen) atoms. The van der Waals surface area contributed by atoms with Crippen molar-refractivity contribution in [3.8, 4) is 0 Å². The van der Waals surface area contributed by atoms with E-state index in [9.17, 15) is 4.79 Å². The number of aliphatic carboxylic acids is 1. The fourth-order valence-corrected chi connectivity index (χ4v) is 2.38. The molecule has 1 heterocycles. The Morgan fingerprint density at radius 2 is 1.95 bits per heavy atom. The number of benzene rings is 1. The predicted molar refractivity (Wildman–Crippen MR) is 80.3 cm³/mol. The zero-order valence-corrected chi connectivity index (χ0v) is 13.1. The van der Waals surface area contributed by atoms with Crippen LogP contribution in [-0.4, -0.2) is 21.2 Å². The fourth-order valence-electron chi connectivity index (χ4n) is 1.64. The van der Waals surface area contributed by atoms with Gasteiger partial charge in [0, 0.05) is 10.3 Å². The molecule has 0 aliphatic heterocycles. The van der Waals surface area contributed by atoms with Crippen molar-refractivity contribution in [3.63, 3.8) is 0 Å². The van der Waals surface area contributed by atoms with Gasteiger partial charge in [-0.2, -0.15) is 4.98 Å². The molecule has 5 nitrogen and oxygen atoms in total. The summed E-state index contributed by atoms with van der Waals surface area (Å²) in [6, 6.07) is 7.47. The van der Waals surface area contributed by atoms with E-state index in [1.54, 1.807) is 11.8 Å². The highest BCUT2D eigenvalue weighted by atomic mass is 32.2. The van der Waals surface area contributed by atoms with E-state index in [1.165, 1.54) is 0 Å². The normalized spacial score (nSPS) is 11.6. The van der Waals surface area contributed by atoms with Crippen LogP contribution in [0.1, 0.15) is 38.0 Å². The minimum absolute atomic E-state index is 0.0464. The first-order valence-corrected chi connectivity index (χ1v) is 7.60. The second-order valence-electron chi connectivity index (χ2n) is 5.77. The Hall–Kier alpha value is -1.82. The number of thioether (sulfide) groups is 1. The Morgan fingerprint density at radius 3 is 2.48 bits per heavy atom. The number of carboxylic acid groups (broad SMARTS) is 1. The largest absolute Gasteiger partial charge is 0.481 e. The van der Waals surface area contributed by atoms with Crippen molar-refractivity contribution in [1.82, 2.24) is 10.1 Å². The molecule has 1 aromatic heterocycles. The quantitative estimate of drug-likeness (QED) is 0.854. The van der Waals surface area contributed by atoms with Gasteiger partial charge in [-0.15, -0.1) is 11.8 Å². The van der Waals surface area contributed by atoms with Crippen LogP contribution >= 0.6 is 11.8 Å². The first-order chi connectivity index (χ1) is 9.84. The summed E-state index contributed by atoms with van der Waals surface area (Å²) in [5.41, 5.74) is 0.649. The molecule has 112 valence electrons. The second-order valence-corrected chi connectivity index (χ2v) is 6.82. The highest BCUT2D eigenvalue weighted by molar-refractivity contribution is 7.98. The van der Waals surface area contributed by atoms with Gasteiger partial charge < -0.3 is 9.63 Å². The first-order valence-electron chi connectivity index (χ1n) is 6.61. The van der Waals surface area contributed by atoms with E-state index in [0.29, 0.717) is 17.5 Å². The van der Waals surface area contributed by atoms with Crippen LogP contribution in [0.15, 0.2) is 33.7 Å². The second kappa shape index (κ2) is 6.30. The van der Waals surface area contributed by atoms with E-state index in [0.717, 1.165) is 10.5 Å². The van der Waals surface area contributed by atoms with Crippen LogP contribution in [0.3, 0.4) is 0 Å². The maximum atomic E-state index is 10.6. The van der Waals surface area contributed by atoms with Gasteiger partial charge in [0.15, 0.2) is 5.82 Å². The van der Waals surface area contributed by atoms with Crippen molar-refractivity contribution in [3.05, 3.63) is 41.5 Å². The highest BCUT2D eigenvalue weighted by Crippen LogP contribution is 2.24. The number of nitrogens with zero attached hydrogens (tertiary/aromatic N) is 2. The van der Waals surface area contributed by atoms with Gasteiger partial charge in [-0.25, -0.2) is 0 Å². The Bertz CT molecular complexity index is 615. The molecule has 0 radical (unpaired) electrons. The van der Waals surface area contributed by atoms with Crippen LogP contribution in [0.25, 0.3) is 0 Å². The van der Waals surface area contributed by atoms with Crippen molar-refractivity contribution in [2.75, 3.05) is 0 Å². The van der Waals surface area contributed by atoms with Crippen LogP contribution in [0.4, 0.5) is 0 Å². The number of rotatable bonds is 5. The summed E-state index contributed by atoms with van der Waals surface area (Å²) in [7, 11) is 0. The molecule has 0 fully saturated rings. The van der Waals surface area contributed by atoms with Crippen LogP contribution in [0.5, 0.6) is 0 Å². The SMILES string of the molecule is CC(C)(C)c1nc(CSc2ccc(CC(=O)O)cc2)no1. The van der Waals surface area contributed by atoms with E-state index in [2.05, 4.69) is 10.1 Å². The minimum Gasteiger partial charge on any atom is -0.481 e. The Labute approximate surface area is 127 Å². The van der Waals surface area contributed by atoms with Gasteiger partial charge in [0.05, 0.1) is 12.2 Å². The monoisotopic (exact) mass is 306 g/mol. The van der Waals surface area contributed by atoms with E-state index in [4.69, 9.17) is 9.63 Å². The molecule has 0 aliphatic carbocycles. The van der Waals surface area contributed by atoms with Gasteiger partial charge in [-0.3, -0.25) is 4.79 Å². The molecule has 0 amide bonds. The lowest BCUT2D eigenvalue weighted by Crippen LogP contribution is -2.11. The summed E-state index contributed by atoms with van der Waals surface area (Å²) < 4.78 is 5.24. The van der Waals surface area contributed by atoms with Crippen LogP contribution in [-0.2, 0) is 22.4 Å². The van der Waals surface area contributed by atoms with Gasteiger partial charge in [0.2, 0.25) is 5.89 Å². The van der Waals surface area contributed by atoms with Gasteiger partial charge >= 0.3 is 5.97 Å². The summed E-state index contributed by atoms with van der Waals surface area (Å²) >= 11 is 1.59. The zero-order chi connectivity index (χ0) is 15.5. The van der Waals surface area contributed by atoms with E-state index in [1.807, 2.05) is 45.0 Å². The fraction of sp³-hybridized carbons (Fsp3) is 0.400. The summed E-state index contributed by atoms with van der Waals surface area (Å²) in [6.45, 7) is 6.08. The molecule has 1 N–H and O–H groups in total. The number of aromatic nitrogens is 2. The van der Waals surface area contributed by atoms with Gasteiger partial charge in [0.1, 0.15) is 0 Å². The lowest BCUT2D eigenvalue weighted by Gasteiger charge is -2.10. The molecule has 0 spiro atoms. The number of hydrogen-bond acceptors (Lipinski definition) is 5. The van der Waals surface area contributed by atoms with E-state index < -0.39 is 5.97 Å². The topological polar surface area (TPSA) is 76.2 Å². The molecule has 0 aliphatic rings. The molecular formula is C15H18N2O3S. The Kier molecular flexibility index (Phi) is 4.67. The van der Waals surface area contributed by atoms with Gasteiger partial charge in [-0.05, 0) is 17.7 Å². The molecule has 0 saturated heterocycles. The maximum Gasteiger partial charge on any atom is 0.307 e. The molecule has 0 saturated carbocycles. The number of hydrogen-bond donors (Lipinski definition) is 1. The molecule has 0 unspecified atom stereocenters. The van der Waals surface area contributed by atoms with Crippen LogP contribution in [0.2, 0.25) is 0 Å². The highest BCUT2D eigenvalue weighted by Gasteiger charge is 2.21. The predicted octanol–water partition coefficient (Wildman–Crippen LogP) is 3.29. The van der Waals surface area contributed by atoms with Crippen molar-refractivity contribution in [1.29, 1.82) is 0 Å². The first kappa shape index (κ1) is 15.6. The molecular weight excluding hydrogens is 288 g/mol. The average Bonchev–Trinajstić information content (AvgIpc) is 2.86. The van der Waals surface area contributed by atoms with Crippen molar-refractivity contribution in [2.45, 2.75) is 43.3 Å². The molecule has 0 atom stereocenters. The van der Waals surface area contributed by atoms with Crippen molar-refractivity contribution in [2.24, 2.45) is 0 Å². The minimum atomic E-state index is -0.822. The third-order valence-electron chi connectivity index (χ3n) is 2.76. The Morgan fingerprint density at radius 1 is 1.29 bits per heavy atom. The number of carbonyl (C=O) groups is 1. The van der Waals surface area contributed by atoms with Crippen molar-refractivity contribution >= 4 is 17.7 Å². The van der Waals surface area contributed by atoms with Crippen molar-refractivity contribution < 1.29 is 14.4 Å². The molecule has 0 bridgehead atoms. The molecule has 1 aromatic carbocycles. The van der Waals surface area contributed by atoms with Gasteiger partial charge in [0.25, 0.3) is 0 Å². The summed E-state index contributed by atoms with van der Waals surface area (Å²) in [5.74, 6) is 1.10. The van der Waals surface area contributed by atoms with E-state index >= 15 is 0 Å². The third kappa shape index (κ3) is 4.60. The average molecular weight is 306 g/mol. The summed E-state index contributed by atoms with van der Waals surface area (Å²) in [4.78, 5) is 16.0. The Balaban J connectivity index is 1.94. The molecule has 2 aromatic rings. The summed E-state index contributed by atoms with van der Waals surface area (Å²) in [5, 5.41) is 12.7. The lowest BCUT2D eigenvalue weighted by molar-refractivity contribution is -0.136. The molecule has 6 heteroatoms. The smallest absolute Gasteiger partial charge is 0.307 e. The van der Waals surface area contributed by atoms with E-state index in [-0.39, 0.29) is 11.8 Å². The lowest BCUT2D eigenvalue weighted by atomic mass is 9.97. The van der Waals surface area contributed by atoms with Crippen LogP contribution < -0.4 is 0 Å². The standard InChI is InChI=1S/C15H18N2O3S/c1-15(2,3)14-16-12(17-20-14)9-21-11-6-4-10(5-7-11)8-13(18)19/h4-7H,8-9H2,1-3H3,(H,18,19). The number of carboxylic acids is 1. The van der Waals surface area contributed by atoms with Gasteiger partial charge in [-0.1, -0.05) is 38.1 Å². The maximum absolute atomic E-state index is 10.6. The molecule has 2 rings (SSSR count). The van der Waals surface area contributed by atoms with Crippen LogP contribution in [0, 0.1) is 0 Å². The summed E-state index contributed by atoms with van der Waals surface area (Å²) in [6.07, 6.45) is 0.0464.